The molecule has 2 aliphatic rings. The lowest BCUT2D eigenvalue weighted by Gasteiger charge is -2.23. The van der Waals surface area contributed by atoms with E-state index in [0.29, 0.717) is 18.8 Å². The van der Waals surface area contributed by atoms with Gasteiger partial charge < -0.3 is 9.80 Å². The number of fused-ring (bicyclic) bond motifs is 1. The highest BCUT2D eigenvalue weighted by Gasteiger charge is 2.29. The third kappa shape index (κ3) is 3.02. The fraction of sp³-hybridized carbons (Fsp3) is 0.412. The fourth-order valence-corrected chi connectivity index (χ4v) is 3.01. The summed E-state index contributed by atoms with van der Waals surface area (Å²) < 4.78 is 0. The molecule has 2 aromatic rings. The number of nitrogens with zero attached hydrogens (tertiary/aromatic N) is 5. The molecule has 3 heterocycles. The molecular formula is C17H19N5O. The van der Waals surface area contributed by atoms with Gasteiger partial charge in [-0.05, 0) is 24.8 Å². The quantitative estimate of drug-likeness (QED) is 0.864. The Kier molecular flexibility index (Phi) is 3.65. The molecule has 0 unspecified atom stereocenters. The minimum absolute atomic E-state index is 0.0684. The average molecular weight is 309 g/mol. The zero-order valence-electron chi connectivity index (χ0n) is 12.9. The van der Waals surface area contributed by atoms with Gasteiger partial charge >= 0.3 is 0 Å². The molecule has 4 rings (SSSR count). The monoisotopic (exact) mass is 309 g/mol. The first-order valence-corrected chi connectivity index (χ1v) is 8.05. The first-order valence-electron chi connectivity index (χ1n) is 8.05. The van der Waals surface area contributed by atoms with Gasteiger partial charge in [0.25, 0.3) is 5.91 Å². The lowest BCUT2D eigenvalue weighted by atomic mass is 10.2. The van der Waals surface area contributed by atoms with Crippen molar-refractivity contribution in [3.05, 3.63) is 48.2 Å². The van der Waals surface area contributed by atoms with Gasteiger partial charge in [0, 0.05) is 50.3 Å². The highest BCUT2D eigenvalue weighted by molar-refractivity contribution is 5.92. The van der Waals surface area contributed by atoms with E-state index in [-0.39, 0.29) is 5.91 Å². The molecule has 118 valence electrons. The van der Waals surface area contributed by atoms with Gasteiger partial charge in [0.15, 0.2) is 0 Å². The van der Waals surface area contributed by atoms with Gasteiger partial charge in [0.1, 0.15) is 11.5 Å². The molecule has 6 nitrogen and oxygen atoms in total. The Bertz CT molecular complexity index is 701. The van der Waals surface area contributed by atoms with Crippen molar-refractivity contribution in [3.63, 3.8) is 0 Å². The second-order valence-corrected chi connectivity index (χ2v) is 6.19. The Morgan fingerprint density at radius 3 is 2.87 bits per heavy atom. The van der Waals surface area contributed by atoms with Crippen molar-refractivity contribution in [1.82, 2.24) is 19.9 Å². The van der Waals surface area contributed by atoms with Gasteiger partial charge in [0.2, 0.25) is 0 Å². The first-order chi connectivity index (χ1) is 11.3. The number of anilines is 1. The minimum atomic E-state index is -0.0684. The van der Waals surface area contributed by atoms with Crippen LogP contribution in [0.15, 0.2) is 36.9 Å². The van der Waals surface area contributed by atoms with Crippen LogP contribution >= 0.6 is 0 Å². The molecule has 1 amide bonds. The highest BCUT2D eigenvalue weighted by atomic mass is 16.2. The summed E-state index contributed by atoms with van der Waals surface area (Å²) in [7, 11) is 0. The van der Waals surface area contributed by atoms with E-state index in [2.05, 4.69) is 25.9 Å². The Morgan fingerprint density at radius 2 is 2.09 bits per heavy atom. The van der Waals surface area contributed by atoms with E-state index in [1.54, 1.807) is 12.4 Å². The van der Waals surface area contributed by atoms with E-state index < -0.39 is 0 Å². The zero-order chi connectivity index (χ0) is 15.6. The summed E-state index contributed by atoms with van der Waals surface area (Å²) >= 11 is 0. The average Bonchev–Trinajstić information content (AvgIpc) is 3.43. The van der Waals surface area contributed by atoms with Crippen LogP contribution in [0.25, 0.3) is 0 Å². The van der Waals surface area contributed by atoms with E-state index >= 15 is 0 Å². The van der Waals surface area contributed by atoms with Crippen LogP contribution in [0.2, 0.25) is 0 Å². The topological polar surface area (TPSA) is 62.2 Å². The summed E-state index contributed by atoms with van der Waals surface area (Å²) in [6.45, 7) is 3.10. The maximum Gasteiger partial charge on any atom is 0.274 e. The van der Waals surface area contributed by atoms with Crippen LogP contribution in [-0.2, 0) is 6.54 Å². The Morgan fingerprint density at radius 1 is 1.17 bits per heavy atom. The first kappa shape index (κ1) is 14.1. The number of hydrogen-bond acceptors (Lipinski definition) is 5. The predicted octanol–water partition coefficient (Wildman–Crippen LogP) is 1.74. The van der Waals surface area contributed by atoms with Crippen LogP contribution in [0.4, 0.5) is 5.82 Å². The van der Waals surface area contributed by atoms with Crippen LogP contribution < -0.4 is 4.90 Å². The van der Waals surface area contributed by atoms with Crippen molar-refractivity contribution in [1.29, 1.82) is 0 Å². The van der Waals surface area contributed by atoms with Crippen molar-refractivity contribution in [2.45, 2.75) is 19.4 Å². The molecule has 0 aromatic carbocycles. The molecule has 1 aliphatic heterocycles. The van der Waals surface area contributed by atoms with Gasteiger partial charge in [-0.2, -0.15) is 0 Å². The molecule has 0 bridgehead atoms. The molecule has 23 heavy (non-hydrogen) atoms. The van der Waals surface area contributed by atoms with Crippen LogP contribution in [0.1, 0.15) is 28.9 Å². The lowest BCUT2D eigenvalue weighted by molar-refractivity contribution is 0.0745. The number of aromatic nitrogens is 3. The maximum atomic E-state index is 12.7. The maximum absolute atomic E-state index is 12.7. The van der Waals surface area contributed by atoms with Crippen LogP contribution in [0.3, 0.4) is 0 Å². The van der Waals surface area contributed by atoms with Crippen molar-refractivity contribution in [3.8, 4) is 0 Å². The summed E-state index contributed by atoms with van der Waals surface area (Å²) in [6, 6.07) is 3.99. The Hall–Kier alpha value is -2.50. The van der Waals surface area contributed by atoms with E-state index in [4.69, 9.17) is 0 Å². The second kappa shape index (κ2) is 5.95. The SMILES string of the molecule is O=C(c1cnccn1)N1CCN(CC2CC2)c2ncccc2C1. The molecular weight excluding hydrogens is 290 g/mol. The van der Waals surface area contributed by atoms with Gasteiger partial charge in [-0.25, -0.2) is 9.97 Å². The van der Waals surface area contributed by atoms with Crippen LogP contribution in [-0.4, -0.2) is 45.4 Å². The molecule has 1 saturated carbocycles. The van der Waals surface area contributed by atoms with Gasteiger partial charge in [-0.1, -0.05) is 6.07 Å². The van der Waals surface area contributed by atoms with E-state index in [1.165, 1.54) is 19.0 Å². The molecule has 0 N–H and O–H groups in total. The van der Waals surface area contributed by atoms with Crippen LogP contribution in [0.5, 0.6) is 0 Å². The smallest absolute Gasteiger partial charge is 0.274 e. The number of carbonyl (C=O) groups excluding carboxylic acids is 1. The molecule has 0 spiro atoms. The van der Waals surface area contributed by atoms with E-state index in [9.17, 15) is 4.79 Å². The summed E-state index contributed by atoms with van der Waals surface area (Å²) in [5.41, 5.74) is 1.50. The summed E-state index contributed by atoms with van der Waals surface area (Å²) in [5, 5.41) is 0. The molecule has 0 saturated heterocycles. The molecule has 1 fully saturated rings. The second-order valence-electron chi connectivity index (χ2n) is 6.19. The third-order valence-electron chi connectivity index (χ3n) is 4.41. The van der Waals surface area contributed by atoms with Crippen molar-refractivity contribution >= 4 is 11.7 Å². The Labute approximate surface area is 135 Å². The summed E-state index contributed by atoms with van der Waals surface area (Å²) in [4.78, 5) is 29.6. The van der Waals surface area contributed by atoms with Crippen molar-refractivity contribution in [2.75, 3.05) is 24.5 Å². The number of hydrogen-bond donors (Lipinski definition) is 0. The predicted molar refractivity (Wildman–Crippen MR) is 85.9 cm³/mol. The summed E-state index contributed by atoms with van der Waals surface area (Å²) in [6.07, 6.45) is 9.11. The van der Waals surface area contributed by atoms with Gasteiger partial charge in [0.05, 0.1) is 6.20 Å². The van der Waals surface area contributed by atoms with Gasteiger partial charge in [-0.3, -0.25) is 9.78 Å². The highest BCUT2D eigenvalue weighted by Crippen LogP contribution is 2.32. The van der Waals surface area contributed by atoms with Crippen molar-refractivity contribution < 1.29 is 4.79 Å². The third-order valence-corrected chi connectivity index (χ3v) is 4.41. The Balaban J connectivity index is 1.59. The molecule has 6 heteroatoms. The minimum Gasteiger partial charge on any atom is -0.354 e. The molecule has 0 atom stereocenters. The number of pyridine rings is 1. The largest absolute Gasteiger partial charge is 0.354 e. The number of rotatable bonds is 3. The molecule has 0 radical (unpaired) electrons. The standard InChI is InChI=1S/C17H19N5O/c23-17(15-10-18-6-7-19-15)22-9-8-21(11-13-3-4-13)16-14(12-22)2-1-5-20-16/h1-2,5-7,10,13H,3-4,8-9,11-12H2. The lowest BCUT2D eigenvalue weighted by Crippen LogP contribution is -2.36. The zero-order valence-corrected chi connectivity index (χ0v) is 12.9. The fourth-order valence-electron chi connectivity index (χ4n) is 3.01. The molecule has 1 aliphatic carbocycles. The molecule has 2 aromatic heterocycles. The van der Waals surface area contributed by atoms with Gasteiger partial charge in [-0.15, -0.1) is 0 Å². The summed E-state index contributed by atoms with van der Waals surface area (Å²) in [5.74, 6) is 1.74. The van der Waals surface area contributed by atoms with E-state index in [0.717, 1.165) is 30.4 Å². The normalized spacial score (nSPS) is 17.6. The number of amides is 1. The van der Waals surface area contributed by atoms with E-state index in [1.807, 2.05) is 17.2 Å². The van der Waals surface area contributed by atoms with Crippen LogP contribution in [0, 0.1) is 5.92 Å². The number of carbonyl (C=O) groups is 1. The van der Waals surface area contributed by atoms with Crippen molar-refractivity contribution in [2.24, 2.45) is 5.92 Å².